The number of carbonyl (C=O) groups is 2. The fraction of sp³-hybridized carbons (Fsp3) is 0.350. The van der Waals surface area contributed by atoms with E-state index in [1.807, 2.05) is 30.3 Å². The molecule has 1 saturated heterocycles. The fourth-order valence-electron chi connectivity index (χ4n) is 3.23. The van der Waals surface area contributed by atoms with E-state index in [4.69, 9.17) is 17.3 Å². The lowest BCUT2D eigenvalue weighted by molar-refractivity contribution is -0.134. The van der Waals surface area contributed by atoms with Crippen molar-refractivity contribution in [2.24, 2.45) is 11.7 Å². The van der Waals surface area contributed by atoms with Gasteiger partial charge in [-0.05, 0) is 30.5 Å². The number of halogens is 3. The van der Waals surface area contributed by atoms with Crippen LogP contribution in [0.2, 0.25) is 5.02 Å². The number of hydrogen-bond donors (Lipinski definition) is 2. The van der Waals surface area contributed by atoms with E-state index in [0.29, 0.717) is 23.9 Å². The van der Waals surface area contributed by atoms with Crippen LogP contribution in [-0.2, 0) is 9.59 Å². The van der Waals surface area contributed by atoms with Gasteiger partial charge in [-0.3, -0.25) is 9.59 Å². The van der Waals surface area contributed by atoms with Crippen LogP contribution in [0.5, 0.6) is 0 Å². The average molecular weight is 460 g/mol. The Hall–Kier alpha value is -1.86. The van der Waals surface area contributed by atoms with Crippen LogP contribution in [0.1, 0.15) is 30.9 Å². The highest BCUT2D eigenvalue weighted by atomic mass is 35.5. The number of likely N-dealkylation sites (tertiary alicyclic amines) is 1. The molecular formula is C20H25Cl3N4O2. The van der Waals surface area contributed by atoms with Crippen LogP contribution in [0.15, 0.2) is 48.7 Å². The number of nitrogens with two attached hydrogens (primary N) is 1. The lowest BCUT2D eigenvalue weighted by Crippen LogP contribution is -2.44. The van der Waals surface area contributed by atoms with Crippen LogP contribution in [0.4, 0.5) is 5.82 Å². The van der Waals surface area contributed by atoms with E-state index in [9.17, 15) is 9.59 Å². The van der Waals surface area contributed by atoms with E-state index < -0.39 is 0 Å². The van der Waals surface area contributed by atoms with Crippen molar-refractivity contribution >= 4 is 54.0 Å². The Labute approximate surface area is 188 Å². The Balaban J connectivity index is 0.00000210. The summed E-state index contributed by atoms with van der Waals surface area (Å²) in [6, 6.07) is 12.6. The van der Waals surface area contributed by atoms with E-state index in [1.165, 1.54) is 6.20 Å². The SMILES string of the molecule is Cl.Cl.NC(CC(=O)N1CCCC(C(=O)Nc2ccc(Cl)cn2)C1)c1ccccc1. The zero-order valence-electron chi connectivity index (χ0n) is 15.8. The number of nitrogens with one attached hydrogen (secondary N) is 1. The third kappa shape index (κ3) is 7.16. The summed E-state index contributed by atoms with van der Waals surface area (Å²) in [4.78, 5) is 31.0. The van der Waals surface area contributed by atoms with Crippen molar-refractivity contribution in [1.29, 1.82) is 0 Å². The molecule has 2 amide bonds. The molecule has 3 N–H and O–H groups in total. The van der Waals surface area contributed by atoms with Gasteiger partial charge in [-0.2, -0.15) is 0 Å². The second-order valence-corrected chi connectivity index (χ2v) is 7.19. The van der Waals surface area contributed by atoms with Crippen LogP contribution < -0.4 is 11.1 Å². The van der Waals surface area contributed by atoms with Crippen molar-refractivity contribution < 1.29 is 9.59 Å². The average Bonchev–Trinajstić information content (AvgIpc) is 2.70. The van der Waals surface area contributed by atoms with Gasteiger partial charge in [0.05, 0.1) is 10.9 Å². The molecule has 0 saturated carbocycles. The molecule has 0 bridgehead atoms. The number of hydrogen-bond acceptors (Lipinski definition) is 4. The van der Waals surface area contributed by atoms with Crippen molar-refractivity contribution in [2.75, 3.05) is 18.4 Å². The fourth-order valence-corrected chi connectivity index (χ4v) is 3.34. The number of piperidine rings is 1. The Bertz CT molecular complexity index is 790. The molecule has 1 aliphatic heterocycles. The molecule has 29 heavy (non-hydrogen) atoms. The summed E-state index contributed by atoms with van der Waals surface area (Å²) in [5.41, 5.74) is 7.10. The quantitative estimate of drug-likeness (QED) is 0.711. The Kier molecular flexibility index (Phi) is 10.4. The van der Waals surface area contributed by atoms with Gasteiger partial charge in [0.15, 0.2) is 0 Å². The van der Waals surface area contributed by atoms with E-state index in [0.717, 1.165) is 18.4 Å². The summed E-state index contributed by atoms with van der Waals surface area (Å²) in [6.45, 7) is 1.06. The van der Waals surface area contributed by atoms with Gasteiger partial charge in [-0.1, -0.05) is 41.9 Å². The van der Waals surface area contributed by atoms with Gasteiger partial charge in [0, 0.05) is 31.7 Å². The third-order valence-corrected chi connectivity index (χ3v) is 4.97. The molecule has 2 atom stereocenters. The largest absolute Gasteiger partial charge is 0.342 e. The first-order valence-corrected chi connectivity index (χ1v) is 9.41. The predicted octanol–water partition coefficient (Wildman–Crippen LogP) is 3.85. The lowest BCUT2D eigenvalue weighted by Gasteiger charge is -2.32. The molecule has 1 fully saturated rings. The molecule has 1 aliphatic rings. The number of aromatic nitrogens is 1. The molecule has 158 valence electrons. The van der Waals surface area contributed by atoms with Gasteiger partial charge >= 0.3 is 0 Å². The lowest BCUT2D eigenvalue weighted by atomic mass is 9.96. The minimum atomic E-state index is -0.342. The molecule has 0 spiro atoms. The van der Waals surface area contributed by atoms with Crippen molar-refractivity contribution in [1.82, 2.24) is 9.88 Å². The molecule has 1 aromatic carbocycles. The molecular weight excluding hydrogens is 435 g/mol. The first kappa shape index (κ1) is 25.2. The van der Waals surface area contributed by atoms with E-state index in [2.05, 4.69) is 10.3 Å². The monoisotopic (exact) mass is 458 g/mol. The Morgan fingerprint density at radius 3 is 2.59 bits per heavy atom. The number of carbonyl (C=O) groups excluding carboxylic acids is 2. The maximum Gasteiger partial charge on any atom is 0.230 e. The zero-order chi connectivity index (χ0) is 19.2. The van der Waals surface area contributed by atoms with E-state index in [-0.39, 0.29) is 55.0 Å². The Morgan fingerprint density at radius 1 is 1.21 bits per heavy atom. The molecule has 1 aromatic heterocycles. The third-order valence-electron chi connectivity index (χ3n) is 4.75. The smallest absolute Gasteiger partial charge is 0.230 e. The number of rotatable bonds is 5. The molecule has 0 aliphatic carbocycles. The van der Waals surface area contributed by atoms with Crippen molar-refractivity contribution in [3.63, 3.8) is 0 Å². The van der Waals surface area contributed by atoms with Crippen LogP contribution in [0.3, 0.4) is 0 Å². The van der Waals surface area contributed by atoms with E-state index in [1.54, 1.807) is 17.0 Å². The summed E-state index contributed by atoms with van der Waals surface area (Å²) in [5, 5.41) is 3.30. The molecule has 2 unspecified atom stereocenters. The highest BCUT2D eigenvalue weighted by Crippen LogP contribution is 2.21. The Morgan fingerprint density at radius 2 is 1.93 bits per heavy atom. The molecule has 6 nitrogen and oxygen atoms in total. The highest BCUT2D eigenvalue weighted by molar-refractivity contribution is 6.30. The van der Waals surface area contributed by atoms with Crippen LogP contribution in [0.25, 0.3) is 0 Å². The number of nitrogens with zero attached hydrogens (tertiary/aromatic N) is 2. The zero-order valence-corrected chi connectivity index (χ0v) is 18.2. The first-order chi connectivity index (χ1) is 13.0. The summed E-state index contributed by atoms with van der Waals surface area (Å²) in [7, 11) is 0. The van der Waals surface area contributed by atoms with Crippen molar-refractivity contribution in [2.45, 2.75) is 25.3 Å². The normalized spacial score (nSPS) is 16.8. The molecule has 0 radical (unpaired) electrons. The van der Waals surface area contributed by atoms with Crippen LogP contribution >= 0.6 is 36.4 Å². The summed E-state index contributed by atoms with van der Waals surface area (Å²) >= 11 is 5.81. The first-order valence-electron chi connectivity index (χ1n) is 9.03. The summed E-state index contributed by atoms with van der Waals surface area (Å²) in [6.07, 6.45) is 3.25. The highest BCUT2D eigenvalue weighted by Gasteiger charge is 2.29. The molecule has 2 heterocycles. The van der Waals surface area contributed by atoms with Crippen molar-refractivity contribution in [3.8, 4) is 0 Å². The standard InChI is InChI=1S/C20H23ClN4O2.2ClH/c21-16-8-9-18(23-12-16)24-20(27)15-7-4-10-25(13-15)19(26)11-17(22)14-5-2-1-3-6-14;;/h1-3,5-6,8-9,12,15,17H,4,7,10-11,13,22H2,(H,23,24,27);2*1H. The van der Waals surface area contributed by atoms with Crippen LogP contribution in [0, 0.1) is 5.92 Å². The van der Waals surface area contributed by atoms with Crippen molar-refractivity contribution in [3.05, 3.63) is 59.2 Å². The minimum absolute atomic E-state index is 0. The topological polar surface area (TPSA) is 88.3 Å². The summed E-state index contributed by atoms with van der Waals surface area (Å²) < 4.78 is 0. The number of benzene rings is 1. The molecule has 2 aromatic rings. The van der Waals surface area contributed by atoms with Gasteiger partial charge in [0.1, 0.15) is 5.82 Å². The predicted molar refractivity (Wildman–Crippen MR) is 120 cm³/mol. The number of pyridine rings is 1. The van der Waals surface area contributed by atoms with E-state index >= 15 is 0 Å². The minimum Gasteiger partial charge on any atom is -0.342 e. The van der Waals surface area contributed by atoms with Gasteiger partial charge in [0.2, 0.25) is 11.8 Å². The van der Waals surface area contributed by atoms with Crippen LogP contribution in [-0.4, -0.2) is 34.8 Å². The molecule has 3 rings (SSSR count). The maximum atomic E-state index is 12.6. The van der Waals surface area contributed by atoms with Gasteiger partial charge in [0.25, 0.3) is 0 Å². The number of anilines is 1. The summed E-state index contributed by atoms with van der Waals surface area (Å²) in [5.74, 6) is 0.0511. The van der Waals surface area contributed by atoms with Gasteiger partial charge < -0.3 is 16.0 Å². The molecule has 9 heteroatoms. The second kappa shape index (κ2) is 12.0. The second-order valence-electron chi connectivity index (χ2n) is 6.75. The van der Waals surface area contributed by atoms with Gasteiger partial charge in [-0.15, -0.1) is 24.8 Å². The van der Waals surface area contributed by atoms with Gasteiger partial charge in [-0.25, -0.2) is 4.98 Å². The number of amides is 2. The maximum absolute atomic E-state index is 12.6.